The molecule has 2 heterocycles. The van der Waals surface area contributed by atoms with Crippen LogP contribution in [0.1, 0.15) is 44.3 Å². The summed E-state index contributed by atoms with van der Waals surface area (Å²) in [4.78, 5) is 43.9. The number of carbonyl (C=O) groups is 3. The molecule has 0 saturated carbocycles. The molecule has 230 valence electrons. The Morgan fingerprint density at radius 2 is 1.68 bits per heavy atom. The molecule has 3 aromatic carbocycles. The van der Waals surface area contributed by atoms with E-state index in [-0.39, 0.29) is 29.8 Å². The van der Waals surface area contributed by atoms with Crippen LogP contribution < -0.4 is 15.4 Å². The molecule has 1 saturated heterocycles. The number of nitrogens with zero attached hydrogens (tertiary/aromatic N) is 3. The highest BCUT2D eigenvalue weighted by atomic mass is 16.5. The summed E-state index contributed by atoms with van der Waals surface area (Å²) in [5, 5.41) is 17.9. The van der Waals surface area contributed by atoms with Crippen molar-refractivity contribution in [1.82, 2.24) is 9.80 Å². The number of nitrogen functional groups attached to an aromatic ring is 1. The minimum absolute atomic E-state index is 0.0231. The van der Waals surface area contributed by atoms with Crippen LogP contribution in [0.25, 0.3) is 11.1 Å². The molecule has 4 N–H and O–H groups in total. The predicted octanol–water partition coefficient (Wildman–Crippen LogP) is 3.23. The molecular formula is C33H37N5O6. The summed E-state index contributed by atoms with van der Waals surface area (Å²) >= 11 is 0. The number of hydrogen-bond acceptors (Lipinski definition) is 8. The first kappa shape index (κ1) is 30.6. The van der Waals surface area contributed by atoms with Gasteiger partial charge in [0.1, 0.15) is 11.6 Å². The summed E-state index contributed by atoms with van der Waals surface area (Å²) in [6.07, 6.45) is 0.799. The molecule has 0 unspecified atom stereocenters. The fourth-order valence-corrected chi connectivity index (χ4v) is 5.85. The third-order valence-corrected chi connectivity index (χ3v) is 8.17. The number of anilines is 1. The number of amidine groups is 1. The van der Waals surface area contributed by atoms with Crippen LogP contribution in [0.15, 0.2) is 54.6 Å². The van der Waals surface area contributed by atoms with E-state index < -0.39 is 5.97 Å². The lowest BCUT2D eigenvalue weighted by Gasteiger charge is -2.34. The number of carboxylic acid groups (broad SMARTS) is 1. The highest BCUT2D eigenvalue weighted by Gasteiger charge is 2.27. The lowest BCUT2D eigenvalue weighted by atomic mass is 9.92. The number of nitrogens with two attached hydrogens (primary N) is 1. The molecule has 3 aromatic rings. The number of piperazine rings is 1. The minimum atomic E-state index is -1.09. The molecule has 0 aliphatic carbocycles. The number of benzene rings is 3. The number of ether oxygens (including phenoxy) is 2. The number of methoxy groups -OCH3 is 1. The van der Waals surface area contributed by atoms with Crippen LogP contribution in [0.5, 0.6) is 5.75 Å². The van der Waals surface area contributed by atoms with Crippen LogP contribution in [-0.2, 0) is 22.5 Å². The molecular weight excluding hydrogens is 562 g/mol. The Balaban J connectivity index is 1.45. The summed E-state index contributed by atoms with van der Waals surface area (Å²) < 4.78 is 10.3. The first-order valence-electron chi connectivity index (χ1n) is 14.6. The number of aromatic carboxylic acids is 1. The molecule has 1 fully saturated rings. The van der Waals surface area contributed by atoms with Crippen LogP contribution in [0, 0.1) is 5.41 Å². The zero-order valence-electron chi connectivity index (χ0n) is 25.0. The van der Waals surface area contributed by atoms with E-state index in [0.29, 0.717) is 67.3 Å². The minimum Gasteiger partial charge on any atom is -0.497 e. The summed E-state index contributed by atoms with van der Waals surface area (Å²) in [7, 11) is 1.49. The molecule has 0 bridgehead atoms. The number of carboxylic acids is 1. The first-order valence-corrected chi connectivity index (χ1v) is 14.6. The topological polar surface area (TPSA) is 149 Å². The molecule has 2 aliphatic rings. The number of hydrogen-bond donors (Lipinski definition) is 3. The number of fused-ring (bicyclic) bond motifs is 1. The summed E-state index contributed by atoms with van der Waals surface area (Å²) in [6, 6.07) is 16.2. The average Bonchev–Trinajstić information content (AvgIpc) is 3.42. The van der Waals surface area contributed by atoms with Gasteiger partial charge in [-0.15, -0.1) is 0 Å². The zero-order chi connectivity index (χ0) is 31.4. The Kier molecular flexibility index (Phi) is 9.15. The van der Waals surface area contributed by atoms with Gasteiger partial charge >= 0.3 is 11.9 Å². The van der Waals surface area contributed by atoms with Crippen molar-refractivity contribution < 1.29 is 29.0 Å². The molecule has 0 radical (unpaired) electrons. The smallest absolute Gasteiger partial charge is 0.336 e. The Morgan fingerprint density at radius 3 is 2.36 bits per heavy atom. The van der Waals surface area contributed by atoms with E-state index >= 15 is 0 Å². The van der Waals surface area contributed by atoms with Gasteiger partial charge in [0, 0.05) is 56.1 Å². The second-order valence-electron chi connectivity index (χ2n) is 10.9. The quantitative estimate of drug-likeness (QED) is 0.181. The van der Waals surface area contributed by atoms with E-state index in [4.69, 9.17) is 20.6 Å². The van der Waals surface area contributed by atoms with Crippen LogP contribution in [-0.4, -0.2) is 91.6 Å². The van der Waals surface area contributed by atoms with Gasteiger partial charge in [-0.2, -0.15) is 0 Å². The molecule has 0 aromatic heterocycles. The van der Waals surface area contributed by atoms with Gasteiger partial charge in [-0.25, -0.2) is 4.79 Å². The molecule has 2 aliphatic heterocycles. The lowest BCUT2D eigenvalue weighted by Crippen LogP contribution is -2.50. The van der Waals surface area contributed by atoms with E-state index in [1.807, 2.05) is 29.2 Å². The third-order valence-electron chi connectivity index (χ3n) is 8.17. The van der Waals surface area contributed by atoms with Crippen molar-refractivity contribution >= 4 is 29.4 Å². The van der Waals surface area contributed by atoms with Gasteiger partial charge in [-0.1, -0.05) is 6.07 Å². The van der Waals surface area contributed by atoms with Gasteiger partial charge < -0.3 is 30.1 Å². The van der Waals surface area contributed by atoms with Crippen LogP contribution in [0.3, 0.4) is 0 Å². The Bertz CT molecular complexity index is 1600. The number of amides is 1. The molecule has 1 amide bonds. The van der Waals surface area contributed by atoms with E-state index in [2.05, 4.69) is 4.90 Å². The average molecular weight is 600 g/mol. The number of carbonyl (C=O) groups excluding carboxylic acids is 2. The van der Waals surface area contributed by atoms with Crippen molar-refractivity contribution in [3.63, 3.8) is 0 Å². The van der Waals surface area contributed by atoms with Gasteiger partial charge in [0.15, 0.2) is 0 Å². The third kappa shape index (κ3) is 6.52. The van der Waals surface area contributed by atoms with Crippen molar-refractivity contribution in [2.45, 2.75) is 19.9 Å². The summed E-state index contributed by atoms with van der Waals surface area (Å²) in [6.45, 7) is 5.58. The van der Waals surface area contributed by atoms with E-state index in [0.717, 1.165) is 29.8 Å². The summed E-state index contributed by atoms with van der Waals surface area (Å²) in [5.74, 6) is -1.07. The standard InChI is InChI=1S/C33H37N5O6/c1-3-44-30(39)20-36-12-14-37(15-13-36)32(40)23-4-5-24(19-38-11-10-21-16-22(31(34)35)6-9-29(21)38)27(17-23)26-8-7-25(43-2)18-28(26)33(41)42/h4-9,16-18H,3,10-15,19-20H2,1-2H3,(H3,34,35)(H,41,42). The maximum atomic E-state index is 13.7. The zero-order valence-corrected chi connectivity index (χ0v) is 25.0. The fourth-order valence-electron chi connectivity index (χ4n) is 5.85. The fraction of sp³-hybridized carbons (Fsp3) is 0.333. The number of rotatable bonds is 10. The van der Waals surface area contributed by atoms with Crippen molar-refractivity contribution in [3.05, 3.63) is 82.4 Å². The molecule has 0 atom stereocenters. The second-order valence-corrected chi connectivity index (χ2v) is 10.9. The summed E-state index contributed by atoms with van der Waals surface area (Å²) in [5.41, 5.74) is 11.1. The molecule has 0 spiro atoms. The van der Waals surface area contributed by atoms with Gasteiger partial charge in [0.2, 0.25) is 0 Å². The monoisotopic (exact) mass is 599 g/mol. The van der Waals surface area contributed by atoms with Crippen molar-refractivity contribution in [2.24, 2.45) is 5.73 Å². The molecule has 11 nitrogen and oxygen atoms in total. The van der Waals surface area contributed by atoms with Crippen LogP contribution >= 0.6 is 0 Å². The van der Waals surface area contributed by atoms with Gasteiger partial charge in [0.25, 0.3) is 5.91 Å². The number of nitrogens with one attached hydrogen (secondary N) is 1. The normalized spacial score (nSPS) is 14.7. The van der Waals surface area contributed by atoms with Crippen LogP contribution in [0.2, 0.25) is 0 Å². The Hall–Kier alpha value is -4.90. The SMILES string of the molecule is CCOC(=O)CN1CCN(C(=O)c2ccc(CN3CCc4cc(C(=N)N)ccc43)c(-c3ccc(OC)cc3C(=O)O)c2)CC1. The maximum absolute atomic E-state index is 13.7. The van der Waals surface area contributed by atoms with Crippen molar-refractivity contribution in [1.29, 1.82) is 5.41 Å². The molecule has 5 rings (SSSR count). The lowest BCUT2D eigenvalue weighted by molar-refractivity contribution is -0.144. The van der Waals surface area contributed by atoms with E-state index in [1.165, 1.54) is 13.2 Å². The van der Waals surface area contributed by atoms with Crippen LogP contribution in [0.4, 0.5) is 5.69 Å². The second kappa shape index (κ2) is 13.2. The highest BCUT2D eigenvalue weighted by molar-refractivity contribution is 6.00. The van der Waals surface area contributed by atoms with Gasteiger partial charge in [-0.3, -0.25) is 19.9 Å². The van der Waals surface area contributed by atoms with Crippen molar-refractivity contribution in [3.8, 4) is 16.9 Å². The molecule has 44 heavy (non-hydrogen) atoms. The number of esters is 1. The Labute approximate surface area is 256 Å². The first-order chi connectivity index (χ1) is 21.2. The Morgan fingerprint density at radius 1 is 0.932 bits per heavy atom. The molecule has 11 heteroatoms. The maximum Gasteiger partial charge on any atom is 0.336 e. The predicted molar refractivity (Wildman–Crippen MR) is 167 cm³/mol. The van der Waals surface area contributed by atoms with Crippen molar-refractivity contribution in [2.75, 3.05) is 57.9 Å². The van der Waals surface area contributed by atoms with Gasteiger partial charge in [-0.05, 0) is 84.1 Å². The van der Waals surface area contributed by atoms with E-state index in [1.54, 1.807) is 36.1 Å². The largest absolute Gasteiger partial charge is 0.497 e. The van der Waals surface area contributed by atoms with E-state index in [9.17, 15) is 19.5 Å². The van der Waals surface area contributed by atoms with Gasteiger partial charge in [0.05, 0.1) is 25.8 Å². The highest BCUT2D eigenvalue weighted by Crippen LogP contribution is 2.35.